The molecule has 1 fully saturated rings. The number of hydrogen-bond donors (Lipinski definition) is 1. The van der Waals surface area contributed by atoms with E-state index in [1.807, 2.05) is 41.3 Å². The normalized spacial score (nSPS) is 14.3. The van der Waals surface area contributed by atoms with Gasteiger partial charge in [-0.1, -0.05) is 18.7 Å². The number of aromatic nitrogens is 4. The van der Waals surface area contributed by atoms with Crippen LogP contribution in [0.25, 0.3) is 22.3 Å². The molecule has 0 atom stereocenters. The van der Waals surface area contributed by atoms with E-state index in [4.69, 9.17) is 9.72 Å². The molecule has 0 radical (unpaired) electrons. The number of nitrogens with zero attached hydrogens (tertiary/aromatic N) is 5. The van der Waals surface area contributed by atoms with E-state index >= 15 is 0 Å². The molecule has 8 nitrogen and oxygen atoms in total. The number of carbonyl (C=O) groups excluding carboxylic acids is 1. The summed E-state index contributed by atoms with van der Waals surface area (Å²) in [5, 5.41) is 1.00. The van der Waals surface area contributed by atoms with Crippen molar-refractivity contribution in [2.75, 3.05) is 39.8 Å². The van der Waals surface area contributed by atoms with E-state index in [0.717, 1.165) is 59.8 Å². The fourth-order valence-electron chi connectivity index (χ4n) is 4.19. The number of fused-ring (bicyclic) bond motifs is 1. The zero-order chi connectivity index (χ0) is 24.2. The van der Waals surface area contributed by atoms with Crippen LogP contribution in [0.3, 0.4) is 0 Å². The maximum absolute atomic E-state index is 12.9. The van der Waals surface area contributed by atoms with Gasteiger partial charge in [-0.15, -0.1) is 0 Å². The van der Waals surface area contributed by atoms with Gasteiger partial charge in [0.2, 0.25) is 0 Å². The van der Waals surface area contributed by atoms with Crippen LogP contribution >= 0.6 is 0 Å². The van der Waals surface area contributed by atoms with E-state index in [9.17, 15) is 4.79 Å². The highest BCUT2D eigenvalue weighted by molar-refractivity contribution is 5.98. The first-order valence-electron chi connectivity index (χ1n) is 11.7. The summed E-state index contributed by atoms with van der Waals surface area (Å²) >= 11 is 0. The van der Waals surface area contributed by atoms with Gasteiger partial charge in [0.25, 0.3) is 5.91 Å². The minimum Gasteiger partial charge on any atom is -0.489 e. The minimum absolute atomic E-state index is 0.0543. The molecular formula is C27H28N6O2. The number of H-pyrrole nitrogens is 1. The molecule has 0 saturated carbocycles. The number of ether oxygens (including phenoxy) is 1. The second kappa shape index (κ2) is 10.1. The molecule has 35 heavy (non-hydrogen) atoms. The van der Waals surface area contributed by atoms with Crippen LogP contribution < -0.4 is 4.74 Å². The molecule has 1 N–H and O–H groups in total. The van der Waals surface area contributed by atoms with Gasteiger partial charge in [-0.05, 0) is 42.9 Å². The van der Waals surface area contributed by atoms with Gasteiger partial charge in [0, 0.05) is 62.0 Å². The van der Waals surface area contributed by atoms with Crippen LogP contribution in [-0.2, 0) is 6.42 Å². The largest absolute Gasteiger partial charge is 0.489 e. The third kappa shape index (κ3) is 5.22. The molecule has 5 rings (SSSR count). The Balaban J connectivity index is 1.33. The summed E-state index contributed by atoms with van der Waals surface area (Å²) < 4.78 is 5.61. The Morgan fingerprint density at radius 1 is 1.06 bits per heavy atom. The van der Waals surface area contributed by atoms with E-state index < -0.39 is 0 Å². The number of piperazine rings is 1. The van der Waals surface area contributed by atoms with Crippen molar-refractivity contribution >= 4 is 16.8 Å². The fourth-order valence-corrected chi connectivity index (χ4v) is 4.19. The molecule has 1 amide bonds. The molecule has 178 valence electrons. The fraction of sp³-hybridized carbons (Fsp3) is 0.259. The van der Waals surface area contributed by atoms with Crippen LogP contribution in [0.15, 0.2) is 67.5 Å². The summed E-state index contributed by atoms with van der Waals surface area (Å²) in [7, 11) is 2.08. The lowest BCUT2D eigenvalue weighted by Crippen LogP contribution is -2.47. The van der Waals surface area contributed by atoms with Crippen molar-refractivity contribution in [2.24, 2.45) is 0 Å². The lowest BCUT2D eigenvalue weighted by molar-refractivity contribution is 0.0659. The van der Waals surface area contributed by atoms with Crippen molar-refractivity contribution in [3.8, 4) is 17.1 Å². The van der Waals surface area contributed by atoms with Gasteiger partial charge in [-0.25, -0.2) is 9.97 Å². The molecule has 0 unspecified atom stereocenters. The minimum atomic E-state index is 0.0543. The zero-order valence-corrected chi connectivity index (χ0v) is 19.8. The number of carbonyl (C=O) groups is 1. The maximum Gasteiger partial charge on any atom is 0.270 e. The molecule has 3 aromatic heterocycles. The second-order valence-corrected chi connectivity index (χ2v) is 8.71. The maximum atomic E-state index is 12.9. The van der Waals surface area contributed by atoms with Gasteiger partial charge >= 0.3 is 0 Å². The first-order chi connectivity index (χ1) is 17.1. The average Bonchev–Trinajstić information content (AvgIpc) is 3.31. The number of amides is 1. The van der Waals surface area contributed by atoms with Crippen LogP contribution in [-0.4, -0.2) is 75.5 Å². The van der Waals surface area contributed by atoms with E-state index in [-0.39, 0.29) is 5.91 Å². The molecule has 4 heterocycles. The van der Waals surface area contributed by atoms with E-state index in [1.54, 1.807) is 18.5 Å². The van der Waals surface area contributed by atoms with Crippen molar-refractivity contribution in [3.05, 3.63) is 84.6 Å². The second-order valence-electron chi connectivity index (χ2n) is 8.71. The first kappa shape index (κ1) is 22.7. The predicted molar refractivity (Wildman–Crippen MR) is 135 cm³/mol. The molecule has 0 bridgehead atoms. The number of benzene rings is 1. The van der Waals surface area contributed by atoms with Crippen molar-refractivity contribution in [1.82, 2.24) is 29.7 Å². The highest BCUT2D eigenvalue weighted by Gasteiger charge is 2.21. The van der Waals surface area contributed by atoms with E-state index in [0.29, 0.717) is 24.5 Å². The number of likely N-dealkylation sites (N-methyl/N-ethyl adjacent to an activating group) is 1. The Kier molecular flexibility index (Phi) is 6.54. The molecule has 0 spiro atoms. The summed E-state index contributed by atoms with van der Waals surface area (Å²) in [6, 6.07) is 13.6. The van der Waals surface area contributed by atoms with Crippen molar-refractivity contribution in [3.63, 3.8) is 0 Å². The Bertz CT molecular complexity index is 1360. The molecule has 1 saturated heterocycles. The Morgan fingerprint density at radius 2 is 1.89 bits per heavy atom. The van der Waals surface area contributed by atoms with Gasteiger partial charge in [-0.2, -0.15) is 0 Å². The van der Waals surface area contributed by atoms with E-state index in [1.165, 1.54) is 0 Å². The van der Waals surface area contributed by atoms with Crippen LogP contribution in [0.4, 0.5) is 0 Å². The first-order valence-corrected chi connectivity index (χ1v) is 11.7. The Morgan fingerprint density at radius 3 is 2.71 bits per heavy atom. The molecule has 1 aromatic carbocycles. The number of pyridine rings is 1. The lowest BCUT2D eigenvalue weighted by atomic mass is 10.1. The Labute approximate surface area is 204 Å². The summed E-state index contributed by atoms with van der Waals surface area (Å²) in [5.74, 6) is 1.47. The molecule has 4 aromatic rings. The highest BCUT2D eigenvalue weighted by Crippen LogP contribution is 2.22. The van der Waals surface area contributed by atoms with Gasteiger partial charge in [0.05, 0.1) is 11.4 Å². The summed E-state index contributed by atoms with van der Waals surface area (Å²) in [5.41, 5.74) is 4.11. The zero-order valence-electron chi connectivity index (χ0n) is 19.8. The van der Waals surface area contributed by atoms with Crippen LogP contribution in [0.2, 0.25) is 0 Å². The third-order valence-corrected chi connectivity index (χ3v) is 6.14. The summed E-state index contributed by atoms with van der Waals surface area (Å²) in [6.45, 7) is 7.41. The monoisotopic (exact) mass is 468 g/mol. The van der Waals surface area contributed by atoms with Crippen molar-refractivity contribution in [2.45, 2.75) is 6.42 Å². The third-order valence-electron chi connectivity index (χ3n) is 6.14. The van der Waals surface area contributed by atoms with Crippen LogP contribution in [0.5, 0.6) is 5.75 Å². The van der Waals surface area contributed by atoms with Gasteiger partial charge in [0.15, 0.2) is 0 Å². The highest BCUT2D eigenvalue weighted by atomic mass is 16.5. The SMILES string of the molecule is C=CCOc1ccnc(-c2ccnc(Cc3ccc4[nH]c(C(=O)N5CCN(C)CC5)cc4c3)n2)c1. The standard InChI is InChI=1S/C27H28N6O2/c1-3-14-35-21-6-8-28-24(18-21)23-7-9-29-26(31-23)16-19-4-5-22-20(15-19)17-25(30-22)27(34)33-12-10-32(2)11-13-33/h3-9,15,17-18,30H,1,10-14,16H2,2H3. The molecule has 0 aliphatic carbocycles. The smallest absolute Gasteiger partial charge is 0.270 e. The Hall–Kier alpha value is -4.04. The summed E-state index contributed by atoms with van der Waals surface area (Å²) in [4.78, 5) is 34.0. The molecule has 1 aliphatic heterocycles. The van der Waals surface area contributed by atoms with Gasteiger partial charge in [0.1, 0.15) is 23.9 Å². The van der Waals surface area contributed by atoms with E-state index in [2.05, 4.69) is 39.5 Å². The quantitative estimate of drug-likeness (QED) is 0.418. The summed E-state index contributed by atoms with van der Waals surface area (Å²) in [6.07, 6.45) is 5.73. The number of hydrogen-bond acceptors (Lipinski definition) is 6. The molecular weight excluding hydrogens is 440 g/mol. The van der Waals surface area contributed by atoms with Crippen LogP contribution in [0.1, 0.15) is 21.9 Å². The van der Waals surface area contributed by atoms with Crippen molar-refractivity contribution in [1.29, 1.82) is 0 Å². The van der Waals surface area contributed by atoms with Crippen LogP contribution in [0, 0.1) is 0 Å². The van der Waals surface area contributed by atoms with Gasteiger partial charge < -0.3 is 19.5 Å². The topological polar surface area (TPSA) is 87.2 Å². The molecule has 1 aliphatic rings. The lowest BCUT2D eigenvalue weighted by Gasteiger charge is -2.32. The predicted octanol–water partition coefficient (Wildman–Crippen LogP) is 3.56. The van der Waals surface area contributed by atoms with Crippen molar-refractivity contribution < 1.29 is 9.53 Å². The number of nitrogens with one attached hydrogen (secondary N) is 1. The number of aromatic amines is 1. The van der Waals surface area contributed by atoms with Gasteiger partial charge in [-0.3, -0.25) is 9.78 Å². The average molecular weight is 469 g/mol. The molecule has 8 heteroatoms. The number of rotatable bonds is 7.